The molecule has 0 fully saturated rings. The topological polar surface area (TPSA) is 58.9 Å². The quantitative estimate of drug-likeness (QED) is 0.537. The van der Waals surface area contributed by atoms with Gasteiger partial charge in [0.05, 0.1) is 0 Å². The van der Waals surface area contributed by atoms with Gasteiger partial charge in [0.15, 0.2) is 0 Å². The second-order valence-corrected chi connectivity index (χ2v) is 1.73. The van der Waals surface area contributed by atoms with E-state index in [1.807, 2.05) is 0 Å². The first kappa shape index (κ1) is 5.94. The van der Waals surface area contributed by atoms with Crippen molar-refractivity contribution in [2.75, 3.05) is 0 Å². The molecule has 4 nitrogen and oxygen atoms in total. The second-order valence-electron chi connectivity index (χ2n) is 1.73. The van der Waals surface area contributed by atoms with E-state index in [2.05, 4.69) is 15.0 Å². The minimum atomic E-state index is -0.208. The lowest BCUT2D eigenvalue weighted by molar-refractivity contribution is 0.423. The number of aromatic nitrogens is 3. The third-order valence-electron chi connectivity index (χ3n) is 0.847. The van der Waals surface area contributed by atoms with Gasteiger partial charge in [-0.05, 0) is 13.8 Å². The van der Waals surface area contributed by atoms with Crippen LogP contribution >= 0.6 is 0 Å². The van der Waals surface area contributed by atoms with Crippen molar-refractivity contribution in [3.8, 4) is 6.01 Å². The van der Waals surface area contributed by atoms with Gasteiger partial charge in [0.1, 0.15) is 11.6 Å². The zero-order chi connectivity index (χ0) is 6.85. The third-order valence-corrected chi connectivity index (χ3v) is 0.847. The number of hydrogen-bond acceptors (Lipinski definition) is 4. The second kappa shape index (κ2) is 1.97. The van der Waals surface area contributed by atoms with E-state index >= 15 is 0 Å². The van der Waals surface area contributed by atoms with E-state index < -0.39 is 0 Å². The summed E-state index contributed by atoms with van der Waals surface area (Å²) < 4.78 is 0. The Balaban J connectivity index is 3.17. The van der Waals surface area contributed by atoms with E-state index in [1.54, 1.807) is 13.8 Å². The molecule has 0 unspecified atom stereocenters. The molecule has 1 heterocycles. The van der Waals surface area contributed by atoms with Crippen LogP contribution in [0.2, 0.25) is 0 Å². The summed E-state index contributed by atoms with van der Waals surface area (Å²) in [7, 11) is 0. The molecule has 1 rings (SSSR count). The van der Waals surface area contributed by atoms with Gasteiger partial charge in [0, 0.05) is 0 Å². The standard InChI is InChI=1S/C5H7N3O/c1-3-6-4(2)8-5(9)7-3/h1-2H3,(H,6,7,8,9). The Morgan fingerprint density at radius 2 is 1.44 bits per heavy atom. The molecule has 0 atom stereocenters. The largest absolute Gasteiger partial charge is 0.479 e. The molecule has 0 spiro atoms. The van der Waals surface area contributed by atoms with Crippen LogP contribution in [0.15, 0.2) is 0 Å². The first-order chi connectivity index (χ1) is 4.18. The van der Waals surface area contributed by atoms with Crippen molar-refractivity contribution in [3.05, 3.63) is 11.6 Å². The lowest BCUT2D eigenvalue weighted by atomic mass is 10.6. The minimum absolute atomic E-state index is 0.208. The highest BCUT2D eigenvalue weighted by Crippen LogP contribution is 1.97. The van der Waals surface area contributed by atoms with Gasteiger partial charge in [-0.2, -0.15) is 9.97 Å². The van der Waals surface area contributed by atoms with Gasteiger partial charge in [-0.3, -0.25) is 0 Å². The molecular formula is C5H7N3O. The summed E-state index contributed by atoms with van der Waals surface area (Å²) >= 11 is 0. The monoisotopic (exact) mass is 125 g/mol. The maximum atomic E-state index is 8.73. The van der Waals surface area contributed by atoms with E-state index in [-0.39, 0.29) is 6.01 Å². The number of hydrogen-bond donors (Lipinski definition) is 1. The van der Waals surface area contributed by atoms with Crippen LogP contribution in [-0.4, -0.2) is 20.1 Å². The molecule has 0 amide bonds. The highest BCUT2D eigenvalue weighted by Gasteiger charge is 1.94. The van der Waals surface area contributed by atoms with Crippen LogP contribution in [0.1, 0.15) is 11.6 Å². The average molecular weight is 125 g/mol. The van der Waals surface area contributed by atoms with Crippen LogP contribution in [0.3, 0.4) is 0 Å². The first-order valence-electron chi connectivity index (χ1n) is 2.57. The van der Waals surface area contributed by atoms with Gasteiger partial charge in [-0.25, -0.2) is 4.98 Å². The third kappa shape index (κ3) is 1.35. The molecule has 1 aromatic rings. The molecule has 1 N–H and O–H groups in total. The van der Waals surface area contributed by atoms with Gasteiger partial charge < -0.3 is 5.11 Å². The molecule has 0 bridgehead atoms. The Morgan fingerprint density at radius 1 is 1.00 bits per heavy atom. The molecule has 9 heavy (non-hydrogen) atoms. The normalized spacial score (nSPS) is 9.56. The SMILES string of the molecule is Cc1nc(C)nc(O)n1. The molecule has 0 aliphatic heterocycles. The summed E-state index contributed by atoms with van der Waals surface area (Å²) in [6.45, 7) is 3.41. The van der Waals surface area contributed by atoms with E-state index in [9.17, 15) is 0 Å². The van der Waals surface area contributed by atoms with Crippen molar-refractivity contribution < 1.29 is 5.11 Å². The van der Waals surface area contributed by atoms with Crippen LogP contribution in [0, 0.1) is 13.8 Å². The molecule has 0 saturated carbocycles. The number of nitrogens with zero attached hydrogens (tertiary/aromatic N) is 3. The van der Waals surface area contributed by atoms with Crippen molar-refractivity contribution >= 4 is 0 Å². The number of aromatic hydroxyl groups is 1. The van der Waals surface area contributed by atoms with Crippen LogP contribution in [0.4, 0.5) is 0 Å². The minimum Gasteiger partial charge on any atom is -0.479 e. The van der Waals surface area contributed by atoms with Gasteiger partial charge in [-0.15, -0.1) is 0 Å². The van der Waals surface area contributed by atoms with Crippen LogP contribution < -0.4 is 0 Å². The number of rotatable bonds is 0. The predicted octanol–water partition coefficient (Wildman–Crippen LogP) is 0.194. The molecule has 0 aliphatic rings. The summed E-state index contributed by atoms with van der Waals surface area (Å²) in [5.74, 6) is 1.08. The number of aryl methyl sites for hydroxylation is 2. The Bertz CT molecular complexity index is 173. The van der Waals surface area contributed by atoms with E-state index in [4.69, 9.17) is 5.11 Å². The summed E-state index contributed by atoms with van der Waals surface area (Å²) in [6.07, 6.45) is 0. The summed E-state index contributed by atoms with van der Waals surface area (Å²) in [5, 5.41) is 8.73. The zero-order valence-corrected chi connectivity index (χ0v) is 5.29. The summed E-state index contributed by atoms with van der Waals surface area (Å²) in [4.78, 5) is 11.0. The molecule has 4 heteroatoms. The fraction of sp³-hybridized carbons (Fsp3) is 0.400. The smallest absolute Gasteiger partial charge is 0.317 e. The zero-order valence-electron chi connectivity index (χ0n) is 5.29. The fourth-order valence-electron chi connectivity index (χ4n) is 0.599. The van der Waals surface area contributed by atoms with Gasteiger partial charge in [-0.1, -0.05) is 0 Å². The van der Waals surface area contributed by atoms with E-state index in [1.165, 1.54) is 0 Å². The van der Waals surface area contributed by atoms with Crippen LogP contribution in [0.5, 0.6) is 6.01 Å². The Morgan fingerprint density at radius 3 is 1.78 bits per heavy atom. The van der Waals surface area contributed by atoms with Crippen molar-refractivity contribution in [3.63, 3.8) is 0 Å². The Labute approximate surface area is 52.6 Å². The lowest BCUT2D eigenvalue weighted by Gasteiger charge is -1.92. The summed E-state index contributed by atoms with van der Waals surface area (Å²) in [6, 6.07) is -0.208. The molecular weight excluding hydrogens is 118 g/mol. The van der Waals surface area contributed by atoms with Gasteiger partial charge >= 0.3 is 6.01 Å². The Kier molecular flexibility index (Phi) is 1.30. The van der Waals surface area contributed by atoms with Gasteiger partial charge in [0.2, 0.25) is 0 Å². The van der Waals surface area contributed by atoms with Crippen molar-refractivity contribution in [1.29, 1.82) is 0 Å². The maximum absolute atomic E-state index is 8.73. The van der Waals surface area contributed by atoms with Crippen LogP contribution in [0.25, 0.3) is 0 Å². The molecule has 0 aromatic carbocycles. The fourth-order valence-corrected chi connectivity index (χ4v) is 0.599. The van der Waals surface area contributed by atoms with E-state index in [0.29, 0.717) is 11.6 Å². The highest BCUT2D eigenvalue weighted by atomic mass is 16.3. The molecule has 0 saturated heterocycles. The average Bonchev–Trinajstić information content (AvgIpc) is 1.59. The predicted molar refractivity (Wildman–Crippen MR) is 31.0 cm³/mol. The van der Waals surface area contributed by atoms with E-state index in [0.717, 1.165) is 0 Å². The molecule has 48 valence electrons. The van der Waals surface area contributed by atoms with Crippen LogP contribution in [-0.2, 0) is 0 Å². The Hall–Kier alpha value is -1.19. The van der Waals surface area contributed by atoms with Gasteiger partial charge in [0.25, 0.3) is 0 Å². The van der Waals surface area contributed by atoms with Crippen molar-refractivity contribution in [2.24, 2.45) is 0 Å². The summed E-state index contributed by atoms with van der Waals surface area (Å²) in [5.41, 5.74) is 0. The lowest BCUT2D eigenvalue weighted by Crippen LogP contribution is -1.93. The highest BCUT2D eigenvalue weighted by molar-refractivity contribution is 4.96. The molecule has 0 aliphatic carbocycles. The molecule has 0 radical (unpaired) electrons. The van der Waals surface area contributed by atoms with Crippen molar-refractivity contribution in [2.45, 2.75) is 13.8 Å². The molecule has 1 aromatic heterocycles. The van der Waals surface area contributed by atoms with Crippen molar-refractivity contribution in [1.82, 2.24) is 15.0 Å². The maximum Gasteiger partial charge on any atom is 0.317 e. The first-order valence-corrected chi connectivity index (χ1v) is 2.57.